The van der Waals surface area contributed by atoms with Crippen molar-refractivity contribution in [2.75, 3.05) is 13.1 Å². The summed E-state index contributed by atoms with van der Waals surface area (Å²) in [6.07, 6.45) is -1.45. The third-order valence-corrected chi connectivity index (χ3v) is 3.70. The maximum atomic E-state index is 12.5. The lowest BCUT2D eigenvalue weighted by atomic mass is 9.90. The molecule has 0 radical (unpaired) electrons. The minimum Gasteiger partial charge on any atom is -0.317 e. The van der Waals surface area contributed by atoms with Crippen molar-refractivity contribution in [1.82, 2.24) is 5.32 Å². The van der Waals surface area contributed by atoms with E-state index in [1.807, 2.05) is 0 Å². The number of benzene rings is 1. The molecular formula is C13H15ClF3N. The van der Waals surface area contributed by atoms with Crippen LogP contribution in [0.5, 0.6) is 0 Å². The van der Waals surface area contributed by atoms with Crippen molar-refractivity contribution < 1.29 is 13.2 Å². The molecule has 0 saturated carbocycles. The summed E-state index contributed by atoms with van der Waals surface area (Å²) < 4.78 is 37.5. The second-order valence-corrected chi connectivity index (χ2v) is 5.11. The highest BCUT2D eigenvalue weighted by molar-refractivity contribution is 6.31. The van der Waals surface area contributed by atoms with Crippen LogP contribution in [0.4, 0.5) is 13.2 Å². The van der Waals surface area contributed by atoms with Crippen LogP contribution >= 0.6 is 11.6 Å². The summed E-state index contributed by atoms with van der Waals surface area (Å²) in [4.78, 5) is 0. The van der Waals surface area contributed by atoms with E-state index in [-0.39, 0.29) is 5.02 Å². The highest BCUT2D eigenvalue weighted by Gasteiger charge is 2.31. The van der Waals surface area contributed by atoms with Crippen LogP contribution in [0.2, 0.25) is 5.02 Å². The Morgan fingerprint density at radius 3 is 2.44 bits per heavy atom. The molecule has 0 aromatic heterocycles. The van der Waals surface area contributed by atoms with Crippen LogP contribution in [-0.4, -0.2) is 13.1 Å². The molecule has 0 aliphatic carbocycles. The van der Waals surface area contributed by atoms with Gasteiger partial charge in [0.15, 0.2) is 0 Å². The number of hydrogen-bond donors (Lipinski definition) is 1. The zero-order valence-electron chi connectivity index (χ0n) is 9.86. The third kappa shape index (κ3) is 3.39. The number of rotatable bonds is 2. The summed E-state index contributed by atoms with van der Waals surface area (Å²) in [7, 11) is 0. The van der Waals surface area contributed by atoms with Gasteiger partial charge in [-0.05, 0) is 56.0 Å². The van der Waals surface area contributed by atoms with E-state index in [9.17, 15) is 13.2 Å². The standard InChI is InChI=1S/C13H15ClF3N/c14-12-8-11(13(15,16)17)2-1-10(12)7-9-3-5-18-6-4-9/h1-2,8-9,18H,3-7H2. The van der Waals surface area contributed by atoms with Gasteiger partial charge in [0.05, 0.1) is 5.56 Å². The highest BCUT2D eigenvalue weighted by atomic mass is 35.5. The van der Waals surface area contributed by atoms with Crippen LogP contribution < -0.4 is 5.32 Å². The molecular weight excluding hydrogens is 263 g/mol. The van der Waals surface area contributed by atoms with Gasteiger partial charge in [0, 0.05) is 5.02 Å². The molecule has 1 aromatic rings. The minimum absolute atomic E-state index is 0.225. The van der Waals surface area contributed by atoms with Gasteiger partial charge in [-0.25, -0.2) is 0 Å². The molecule has 1 aliphatic heterocycles. The number of piperidine rings is 1. The summed E-state index contributed by atoms with van der Waals surface area (Å²) in [6, 6.07) is 3.65. The molecule has 1 aromatic carbocycles. The number of halogens is 4. The topological polar surface area (TPSA) is 12.0 Å². The maximum Gasteiger partial charge on any atom is 0.416 e. The fourth-order valence-electron chi connectivity index (χ4n) is 2.29. The Labute approximate surface area is 109 Å². The van der Waals surface area contributed by atoms with Gasteiger partial charge in [0.1, 0.15) is 0 Å². The Morgan fingerprint density at radius 1 is 1.22 bits per heavy atom. The maximum absolute atomic E-state index is 12.5. The van der Waals surface area contributed by atoms with E-state index < -0.39 is 11.7 Å². The predicted molar refractivity (Wildman–Crippen MR) is 65.8 cm³/mol. The first-order chi connectivity index (χ1) is 8.47. The van der Waals surface area contributed by atoms with Gasteiger partial charge in [-0.3, -0.25) is 0 Å². The van der Waals surface area contributed by atoms with Crippen LogP contribution in [0.15, 0.2) is 18.2 Å². The zero-order valence-corrected chi connectivity index (χ0v) is 10.6. The van der Waals surface area contributed by atoms with E-state index in [0.29, 0.717) is 5.92 Å². The molecule has 2 rings (SSSR count). The lowest BCUT2D eigenvalue weighted by Gasteiger charge is -2.23. The van der Waals surface area contributed by atoms with Gasteiger partial charge in [0.2, 0.25) is 0 Å². The summed E-state index contributed by atoms with van der Waals surface area (Å²) in [5.74, 6) is 0.514. The summed E-state index contributed by atoms with van der Waals surface area (Å²) in [5.41, 5.74) is 0.137. The largest absolute Gasteiger partial charge is 0.416 e. The monoisotopic (exact) mass is 277 g/mol. The summed E-state index contributed by atoms with van der Waals surface area (Å²) >= 11 is 5.94. The van der Waals surface area contributed by atoms with E-state index in [1.165, 1.54) is 6.07 Å². The normalized spacial score (nSPS) is 18.0. The smallest absolute Gasteiger partial charge is 0.317 e. The van der Waals surface area contributed by atoms with Crippen molar-refractivity contribution in [3.63, 3.8) is 0 Å². The summed E-state index contributed by atoms with van der Waals surface area (Å²) in [6.45, 7) is 1.95. The van der Waals surface area contributed by atoms with Crippen LogP contribution in [0.1, 0.15) is 24.0 Å². The van der Waals surface area contributed by atoms with Crippen LogP contribution in [0, 0.1) is 5.92 Å². The Bertz CT molecular complexity index is 411. The molecule has 1 N–H and O–H groups in total. The first-order valence-corrected chi connectivity index (χ1v) is 6.41. The molecule has 5 heteroatoms. The van der Waals surface area contributed by atoms with Crippen molar-refractivity contribution in [3.8, 4) is 0 Å². The molecule has 0 unspecified atom stereocenters. The van der Waals surface area contributed by atoms with Crippen molar-refractivity contribution >= 4 is 11.6 Å². The molecule has 0 spiro atoms. The molecule has 1 aliphatic rings. The second kappa shape index (κ2) is 5.49. The number of hydrogen-bond acceptors (Lipinski definition) is 1. The molecule has 1 heterocycles. The molecule has 100 valence electrons. The summed E-state index contributed by atoms with van der Waals surface area (Å²) in [5, 5.41) is 3.49. The average Bonchev–Trinajstić information content (AvgIpc) is 2.32. The van der Waals surface area contributed by atoms with Crippen LogP contribution in [0.3, 0.4) is 0 Å². The molecule has 1 fully saturated rings. The Hall–Kier alpha value is -0.740. The lowest BCUT2D eigenvalue weighted by molar-refractivity contribution is -0.137. The first kappa shape index (κ1) is 13.7. The first-order valence-electron chi connectivity index (χ1n) is 6.03. The van der Waals surface area contributed by atoms with E-state index in [0.717, 1.165) is 50.0 Å². The van der Waals surface area contributed by atoms with E-state index in [4.69, 9.17) is 11.6 Å². The molecule has 1 nitrogen and oxygen atoms in total. The van der Waals surface area contributed by atoms with Gasteiger partial charge < -0.3 is 5.32 Å². The van der Waals surface area contributed by atoms with Gasteiger partial charge in [-0.1, -0.05) is 17.7 Å². The van der Waals surface area contributed by atoms with Gasteiger partial charge >= 0.3 is 6.18 Å². The fraction of sp³-hybridized carbons (Fsp3) is 0.538. The molecule has 0 bridgehead atoms. The van der Waals surface area contributed by atoms with Gasteiger partial charge in [-0.15, -0.1) is 0 Å². The SMILES string of the molecule is FC(F)(F)c1ccc(CC2CCNCC2)c(Cl)c1. The number of alkyl halides is 3. The van der Waals surface area contributed by atoms with Gasteiger partial charge in [0.25, 0.3) is 0 Å². The quantitative estimate of drug-likeness (QED) is 0.864. The Balaban J connectivity index is 2.09. The van der Waals surface area contributed by atoms with E-state index in [2.05, 4.69) is 5.32 Å². The van der Waals surface area contributed by atoms with E-state index >= 15 is 0 Å². The minimum atomic E-state index is -4.32. The van der Waals surface area contributed by atoms with Crippen molar-refractivity contribution in [2.45, 2.75) is 25.4 Å². The molecule has 0 atom stereocenters. The lowest BCUT2D eigenvalue weighted by Crippen LogP contribution is -2.28. The van der Waals surface area contributed by atoms with E-state index in [1.54, 1.807) is 0 Å². The molecule has 18 heavy (non-hydrogen) atoms. The zero-order chi connectivity index (χ0) is 13.2. The number of nitrogens with one attached hydrogen (secondary N) is 1. The van der Waals surface area contributed by atoms with Crippen LogP contribution in [0.25, 0.3) is 0 Å². The Morgan fingerprint density at radius 2 is 1.89 bits per heavy atom. The van der Waals surface area contributed by atoms with Crippen molar-refractivity contribution in [2.24, 2.45) is 5.92 Å². The molecule has 1 saturated heterocycles. The van der Waals surface area contributed by atoms with Gasteiger partial charge in [-0.2, -0.15) is 13.2 Å². The van der Waals surface area contributed by atoms with Crippen molar-refractivity contribution in [1.29, 1.82) is 0 Å². The molecule has 0 amide bonds. The average molecular weight is 278 g/mol. The van der Waals surface area contributed by atoms with Crippen LogP contribution in [-0.2, 0) is 12.6 Å². The predicted octanol–water partition coefficient (Wildman–Crippen LogP) is 3.90. The van der Waals surface area contributed by atoms with Crippen molar-refractivity contribution in [3.05, 3.63) is 34.3 Å². The second-order valence-electron chi connectivity index (χ2n) is 4.70. The Kier molecular flexibility index (Phi) is 4.17. The fourth-order valence-corrected chi connectivity index (χ4v) is 2.54. The third-order valence-electron chi connectivity index (χ3n) is 3.35. The highest BCUT2D eigenvalue weighted by Crippen LogP contribution is 2.33.